The molecule has 0 radical (unpaired) electrons. The largest absolute Gasteiger partial charge is 0.376 e. The number of amides is 1. The summed E-state index contributed by atoms with van der Waals surface area (Å²) in [4.78, 5) is 32.3. The number of anilines is 1. The molecule has 8 heteroatoms. The third-order valence-electron chi connectivity index (χ3n) is 3.70. The van der Waals surface area contributed by atoms with E-state index in [0.717, 1.165) is 20.1 Å². The highest BCUT2D eigenvalue weighted by molar-refractivity contribution is 7.15. The van der Waals surface area contributed by atoms with Gasteiger partial charge < -0.3 is 10.2 Å². The van der Waals surface area contributed by atoms with E-state index in [4.69, 9.17) is 0 Å². The van der Waals surface area contributed by atoms with Crippen molar-refractivity contribution in [2.24, 2.45) is 0 Å². The van der Waals surface area contributed by atoms with E-state index in [1.165, 1.54) is 6.07 Å². The normalized spacial score (nSPS) is 10.5. The van der Waals surface area contributed by atoms with Crippen molar-refractivity contribution in [2.75, 3.05) is 19.0 Å². The summed E-state index contributed by atoms with van der Waals surface area (Å²) in [6.45, 7) is 0.298. The molecule has 3 rings (SSSR count). The monoisotopic (exact) mass is 369 g/mol. The van der Waals surface area contributed by atoms with Crippen LogP contribution in [0.3, 0.4) is 0 Å². The number of pyridine rings is 1. The van der Waals surface area contributed by atoms with Gasteiger partial charge in [0.25, 0.3) is 5.56 Å². The maximum absolute atomic E-state index is 12.1. The number of carbonyl (C=O) groups is 1. The quantitative estimate of drug-likeness (QED) is 0.716. The van der Waals surface area contributed by atoms with E-state index in [9.17, 15) is 9.59 Å². The molecule has 0 atom stereocenters. The highest BCUT2D eigenvalue weighted by Gasteiger charge is 2.09. The van der Waals surface area contributed by atoms with Crippen molar-refractivity contribution in [2.45, 2.75) is 13.1 Å². The third-order valence-corrected chi connectivity index (χ3v) is 4.81. The van der Waals surface area contributed by atoms with Crippen molar-refractivity contribution < 1.29 is 4.79 Å². The molecule has 0 bridgehead atoms. The third kappa shape index (κ3) is 4.34. The van der Waals surface area contributed by atoms with Crippen LogP contribution >= 0.6 is 11.3 Å². The minimum absolute atomic E-state index is 0.106. The SMILES string of the molecule is CN(C)c1cnn(CC(=O)NCc2ccc(-c3ccccn3)s2)c(=O)c1. The van der Waals surface area contributed by atoms with Gasteiger partial charge in [-0.2, -0.15) is 5.10 Å². The Morgan fingerprint density at radius 1 is 1.27 bits per heavy atom. The molecule has 0 saturated heterocycles. The van der Waals surface area contributed by atoms with Crippen LogP contribution in [0.1, 0.15) is 4.88 Å². The van der Waals surface area contributed by atoms with E-state index < -0.39 is 0 Å². The fourth-order valence-electron chi connectivity index (χ4n) is 2.28. The van der Waals surface area contributed by atoms with Gasteiger partial charge in [-0.25, -0.2) is 4.68 Å². The molecule has 0 spiro atoms. The average molecular weight is 369 g/mol. The van der Waals surface area contributed by atoms with Crippen molar-refractivity contribution in [3.05, 3.63) is 64.0 Å². The predicted molar refractivity (Wildman–Crippen MR) is 102 cm³/mol. The van der Waals surface area contributed by atoms with Crippen LogP contribution in [0.4, 0.5) is 5.69 Å². The standard InChI is InChI=1S/C18H19N5O2S/c1-22(2)13-9-18(25)23(21-10-13)12-17(24)20-11-14-6-7-16(26-14)15-5-3-4-8-19-15/h3-10H,11-12H2,1-2H3,(H,20,24). The van der Waals surface area contributed by atoms with Crippen LogP contribution in [0.2, 0.25) is 0 Å². The van der Waals surface area contributed by atoms with Crippen molar-refractivity contribution in [1.82, 2.24) is 20.1 Å². The van der Waals surface area contributed by atoms with Crippen LogP contribution in [0.15, 0.2) is 53.6 Å². The summed E-state index contributed by atoms with van der Waals surface area (Å²) in [7, 11) is 3.65. The molecule has 0 saturated carbocycles. The summed E-state index contributed by atoms with van der Waals surface area (Å²) in [6, 6.07) is 11.2. The van der Waals surface area contributed by atoms with Crippen molar-refractivity contribution in [3.8, 4) is 10.6 Å². The number of nitrogens with zero attached hydrogens (tertiary/aromatic N) is 4. The van der Waals surface area contributed by atoms with Crippen LogP contribution in [0.25, 0.3) is 10.6 Å². The molecule has 7 nitrogen and oxygen atoms in total. The number of hydrogen-bond acceptors (Lipinski definition) is 6. The van der Waals surface area contributed by atoms with Gasteiger partial charge in [-0.05, 0) is 24.3 Å². The van der Waals surface area contributed by atoms with E-state index >= 15 is 0 Å². The molecular weight excluding hydrogens is 350 g/mol. The minimum atomic E-state index is -0.306. The summed E-state index contributed by atoms with van der Waals surface area (Å²) >= 11 is 1.58. The summed E-state index contributed by atoms with van der Waals surface area (Å²) in [5, 5.41) is 6.85. The Balaban J connectivity index is 1.58. The summed E-state index contributed by atoms with van der Waals surface area (Å²) in [5.74, 6) is -0.259. The lowest BCUT2D eigenvalue weighted by atomic mass is 10.3. The molecule has 3 aromatic rings. The molecule has 26 heavy (non-hydrogen) atoms. The van der Waals surface area contributed by atoms with Crippen molar-refractivity contribution in [3.63, 3.8) is 0 Å². The van der Waals surface area contributed by atoms with Gasteiger partial charge in [-0.3, -0.25) is 14.6 Å². The Morgan fingerprint density at radius 3 is 2.81 bits per heavy atom. The zero-order chi connectivity index (χ0) is 18.5. The molecule has 1 N–H and O–H groups in total. The number of nitrogens with one attached hydrogen (secondary N) is 1. The van der Waals surface area contributed by atoms with E-state index in [2.05, 4.69) is 15.4 Å². The average Bonchev–Trinajstić information content (AvgIpc) is 3.11. The highest BCUT2D eigenvalue weighted by atomic mass is 32.1. The van der Waals surface area contributed by atoms with Crippen molar-refractivity contribution in [1.29, 1.82) is 0 Å². The van der Waals surface area contributed by atoms with E-state index in [0.29, 0.717) is 12.2 Å². The van der Waals surface area contributed by atoms with Gasteiger partial charge >= 0.3 is 0 Å². The fourth-order valence-corrected chi connectivity index (χ4v) is 3.21. The van der Waals surface area contributed by atoms with Crippen LogP contribution in [0.5, 0.6) is 0 Å². The van der Waals surface area contributed by atoms with Gasteiger partial charge in [-0.1, -0.05) is 6.07 Å². The van der Waals surface area contributed by atoms with Gasteiger partial charge in [0.2, 0.25) is 5.91 Å². The van der Waals surface area contributed by atoms with Crippen LogP contribution < -0.4 is 15.8 Å². The molecule has 1 amide bonds. The predicted octanol–water partition coefficient (Wildman–Crippen LogP) is 1.75. The summed E-state index contributed by atoms with van der Waals surface area (Å²) in [5.41, 5.74) is 1.30. The number of hydrogen-bond donors (Lipinski definition) is 1. The van der Waals surface area contributed by atoms with Gasteiger partial charge in [-0.15, -0.1) is 11.3 Å². The second-order valence-corrected chi connectivity index (χ2v) is 7.03. The van der Waals surface area contributed by atoms with Crippen molar-refractivity contribution >= 4 is 22.9 Å². The number of rotatable bonds is 6. The lowest BCUT2D eigenvalue weighted by molar-refractivity contribution is -0.122. The second kappa shape index (κ2) is 7.92. The van der Waals surface area contributed by atoms with Gasteiger partial charge in [0.1, 0.15) is 6.54 Å². The van der Waals surface area contributed by atoms with Crippen LogP contribution in [-0.2, 0) is 17.9 Å². The minimum Gasteiger partial charge on any atom is -0.376 e. The maximum Gasteiger partial charge on any atom is 0.269 e. The lowest BCUT2D eigenvalue weighted by Crippen LogP contribution is -2.33. The second-order valence-electron chi connectivity index (χ2n) is 5.86. The number of aromatic nitrogens is 3. The Morgan fingerprint density at radius 2 is 2.12 bits per heavy atom. The van der Waals surface area contributed by atoms with Gasteiger partial charge in [0, 0.05) is 31.2 Å². The maximum atomic E-state index is 12.1. The molecular formula is C18H19N5O2S. The first-order valence-electron chi connectivity index (χ1n) is 8.04. The molecule has 0 aromatic carbocycles. The molecule has 0 unspecified atom stereocenters. The van der Waals surface area contributed by atoms with Crippen LogP contribution in [0, 0.1) is 0 Å². The molecule has 0 fully saturated rings. The smallest absolute Gasteiger partial charge is 0.269 e. The Bertz CT molecular complexity index is 949. The molecule has 0 aliphatic rings. The van der Waals surface area contributed by atoms with Gasteiger partial charge in [0.15, 0.2) is 0 Å². The topological polar surface area (TPSA) is 80.1 Å². The first kappa shape index (κ1) is 17.8. The zero-order valence-corrected chi connectivity index (χ0v) is 15.4. The Hall–Kier alpha value is -3.00. The van der Waals surface area contributed by atoms with Gasteiger partial charge in [0.05, 0.1) is 29.0 Å². The lowest BCUT2D eigenvalue weighted by Gasteiger charge is -2.12. The fraction of sp³-hybridized carbons (Fsp3) is 0.222. The Labute approximate surface area is 154 Å². The molecule has 3 heterocycles. The van der Waals surface area contributed by atoms with Crippen LogP contribution in [-0.4, -0.2) is 34.8 Å². The molecule has 3 aromatic heterocycles. The number of thiophene rings is 1. The molecule has 0 aliphatic heterocycles. The Kier molecular flexibility index (Phi) is 5.43. The molecule has 0 aliphatic carbocycles. The first-order chi connectivity index (χ1) is 12.5. The summed E-state index contributed by atoms with van der Waals surface area (Å²) in [6.07, 6.45) is 3.32. The first-order valence-corrected chi connectivity index (χ1v) is 8.86. The summed E-state index contributed by atoms with van der Waals surface area (Å²) < 4.78 is 1.15. The van der Waals surface area contributed by atoms with E-state index in [1.807, 2.05) is 44.4 Å². The van der Waals surface area contributed by atoms with E-state index in [-0.39, 0.29) is 18.0 Å². The number of carbonyl (C=O) groups excluding carboxylic acids is 1. The zero-order valence-electron chi connectivity index (χ0n) is 14.5. The van der Waals surface area contributed by atoms with E-state index in [1.54, 1.807) is 28.6 Å². The highest BCUT2D eigenvalue weighted by Crippen LogP contribution is 2.26. The molecule has 134 valence electrons.